The Morgan fingerprint density at radius 1 is 1.07 bits per heavy atom. The van der Waals surface area contributed by atoms with Crippen LogP contribution in [0.3, 0.4) is 0 Å². The number of sulfonamides is 1. The van der Waals surface area contributed by atoms with Crippen LogP contribution in [0.5, 0.6) is 0 Å². The van der Waals surface area contributed by atoms with Crippen molar-refractivity contribution in [2.75, 3.05) is 15.9 Å². The predicted molar refractivity (Wildman–Crippen MR) is 112 cm³/mol. The van der Waals surface area contributed by atoms with E-state index >= 15 is 0 Å². The Morgan fingerprint density at radius 3 is 2.32 bits per heavy atom. The minimum absolute atomic E-state index is 0.313. The zero-order valence-electron chi connectivity index (χ0n) is 15.7. The molecule has 0 radical (unpaired) electrons. The highest BCUT2D eigenvalue weighted by Gasteiger charge is 2.29. The molecule has 2 aromatic carbocycles. The predicted octanol–water partition coefficient (Wildman–Crippen LogP) is 3.31. The molecule has 0 bridgehead atoms. The zero-order valence-corrected chi connectivity index (χ0v) is 17.3. The molecule has 0 fully saturated rings. The first-order valence-corrected chi connectivity index (χ1v) is 11.2. The Labute approximate surface area is 168 Å². The molecular weight excluding hydrogens is 396 g/mol. The third-order valence-corrected chi connectivity index (χ3v) is 6.18. The summed E-state index contributed by atoms with van der Waals surface area (Å²) in [6, 6.07) is 15.5. The van der Waals surface area contributed by atoms with Crippen molar-refractivity contribution in [2.24, 2.45) is 0 Å². The van der Waals surface area contributed by atoms with Crippen molar-refractivity contribution in [3.05, 3.63) is 60.2 Å². The fourth-order valence-electron chi connectivity index (χ4n) is 2.68. The summed E-state index contributed by atoms with van der Waals surface area (Å²) in [7, 11) is -3.67. The van der Waals surface area contributed by atoms with Crippen LogP contribution in [-0.2, 0) is 14.8 Å². The SMILES string of the molecule is Cc1ccc(N([C@H](C)C(=O)Nc2nnc(-c3ccccc3)s2)S(C)(=O)=O)cc1. The lowest BCUT2D eigenvalue weighted by atomic mass is 10.2. The van der Waals surface area contributed by atoms with Gasteiger partial charge in [-0.2, -0.15) is 0 Å². The van der Waals surface area contributed by atoms with Gasteiger partial charge in [0.2, 0.25) is 21.1 Å². The molecule has 1 aromatic heterocycles. The van der Waals surface area contributed by atoms with Gasteiger partial charge in [0.1, 0.15) is 11.0 Å². The van der Waals surface area contributed by atoms with Crippen LogP contribution in [0.15, 0.2) is 54.6 Å². The Morgan fingerprint density at radius 2 is 1.71 bits per heavy atom. The number of carbonyl (C=O) groups excluding carboxylic acids is 1. The van der Waals surface area contributed by atoms with Crippen molar-refractivity contribution in [3.8, 4) is 10.6 Å². The number of carbonyl (C=O) groups is 1. The van der Waals surface area contributed by atoms with Gasteiger partial charge in [0.15, 0.2) is 0 Å². The van der Waals surface area contributed by atoms with Crippen LogP contribution in [-0.4, -0.2) is 36.8 Å². The second-order valence-corrected chi connectivity index (χ2v) is 9.17. The minimum atomic E-state index is -3.67. The van der Waals surface area contributed by atoms with Gasteiger partial charge >= 0.3 is 0 Å². The first-order chi connectivity index (χ1) is 13.3. The molecule has 0 spiro atoms. The fourth-order valence-corrected chi connectivity index (χ4v) is 4.61. The Bertz CT molecular complexity index is 1060. The normalized spacial score (nSPS) is 12.4. The first-order valence-electron chi connectivity index (χ1n) is 8.51. The van der Waals surface area contributed by atoms with Gasteiger partial charge in [-0.05, 0) is 26.0 Å². The van der Waals surface area contributed by atoms with E-state index in [0.29, 0.717) is 15.8 Å². The van der Waals surface area contributed by atoms with Crippen molar-refractivity contribution in [2.45, 2.75) is 19.9 Å². The van der Waals surface area contributed by atoms with Crippen LogP contribution < -0.4 is 9.62 Å². The molecule has 3 rings (SSSR count). The summed E-state index contributed by atoms with van der Waals surface area (Å²) in [5, 5.41) is 11.7. The Hall–Kier alpha value is -2.78. The van der Waals surface area contributed by atoms with Crippen molar-refractivity contribution in [3.63, 3.8) is 0 Å². The van der Waals surface area contributed by atoms with Gasteiger partial charge in [-0.3, -0.25) is 14.4 Å². The molecule has 0 aliphatic rings. The first kappa shape index (κ1) is 20.0. The molecule has 0 unspecified atom stereocenters. The number of anilines is 2. The summed E-state index contributed by atoms with van der Waals surface area (Å²) < 4.78 is 25.7. The molecule has 7 nitrogen and oxygen atoms in total. The number of aromatic nitrogens is 2. The maximum atomic E-state index is 12.7. The second-order valence-electron chi connectivity index (χ2n) is 6.34. The van der Waals surface area contributed by atoms with Gasteiger partial charge in [0, 0.05) is 5.56 Å². The summed E-state index contributed by atoms with van der Waals surface area (Å²) in [5.41, 5.74) is 2.32. The summed E-state index contributed by atoms with van der Waals surface area (Å²) in [6.07, 6.45) is 1.08. The molecular formula is C19H20N4O3S2. The van der Waals surface area contributed by atoms with Gasteiger partial charge in [-0.15, -0.1) is 10.2 Å². The van der Waals surface area contributed by atoms with Crippen molar-refractivity contribution < 1.29 is 13.2 Å². The third-order valence-electron chi connectivity index (χ3n) is 4.05. The zero-order chi connectivity index (χ0) is 20.3. The molecule has 3 aromatic rings. The van der Waals surface area contributed by atoms with Crippen LogP contribution in [0.4, 0.5) is 10.8 Å². The highest BCUT2D eigenvalue weighted by molar-refractivity contribution is 7.92. The Balaban J connectivity index is 1.80. The number of hydrogen-bond acceptors (Lipinski definition) is 6. The summed E-state index contributed by atoms with van der Waals surface area (Å²) in [6.45, 7) is 3.44. The summed E-state index contributed by atoms with van der Waals surface area (Å²) in [4.78, 5) is 12.7. The number of aryl methyl sites for hydroxylation is 1. The van der Waals surface area contributed by atoms with E-state index in [1.54, 1.807) is 24.3 Å². The highest BCUT2D eigenvalue weighted by Crippen LogP contribution is 2.27. The number of hydrogen-bond donors (Lipinski definition) is 1. The summed E-state index contributed by atoms with van der Waals surface area (Å²) in [5.74, 6) is -0.484. The molecule has 0 saturated heterocycles. The van der Waals surface area contributed by atoms with Crippen molar-refractivity contribution in [1.29, 1.82) is 0 Å². The van der Waals surface area contributed by atoms with Crippen molar-refractivity contribution in [1.82, 2.24) is 10.2 Å². The van der Waals surface area contributed by atoms with E-state index in [4.69, 9.17) is 0 Å². The van der Waals surface area contributed by atoms with E-state index in [2.05, 4.69) is 15.5 Å². The molecule has 1 heterocycles. The average molecular weight is 417 g/mol. The minimum Gasteiger partial charge on any atom is -0.299 e. The third kappa shape index (κ3) is 4.55. The summed E-state index contributed by atoms with van der Waals surface area (Å²) >= 11 is 1.23. The second kappa shape index (κ2) is 8.07. The largest absolute Gasteiger partial charge is 0.299 e. The monoisotopic (exact) mass is 416 g/mol. The topological polar surface area (TPSA) is 92.3 Å². The van der Waals surface area contributed by atoms with Gasteiger partial charge in [-0.1, -0.05) is 59.4 Å². The number of amides is 1. The number of nitrogens with zero attached hydrogens (tertiary/aromatic N) is 3. The standard InChI is InChI=1S/C19H20N4O3S2/c1-13-9-11-16(12-10-13)23(28(3,25)26)14(2)17(24)20-19-22-21-18(27-19)15-7-5-4-6-8-15/h4-12,14H,1-3H3,(H,20,22,24)/t14-/m1/s1. The molecule has 0 saturated carbocycles. The van der Waals surface area contributed by atoms with Crippen LogP contribution in [0.25, 0.3) is 10.6 Å². The van der Waals surface area contributed by atoms with E-state index in [9.17, 15) is 13.2 Å². The highest BCUT2D eigenvalue weighted by atomic mass is 32.2. The maximum Gasteiger partial charge on any atom is 0.249 e. The molecule has 0 aliphatic heterocycles. The number of nitrogens with one attached hydrogen (secondary N) is 1. The van der Waals surface area contributed by atoms with Crippen molar-refractivity contribution >= 4 is 38.1 Å². The van der Waals surface area contributed by atoms with Gasteiger partial charge in [0.25, 0.3) is 0 Å². The lowest BCUT2D eigenvalue weighted by Gasteiger charge is -2.27. The van der Waals surface area contributed by atoms with E-state index in [1.165, 1.54) is 18.3 Å². The van der Waals surface area contributed by atoms with Gasteiger partial charge < -0.3 is 0 Å². The van der Waals surface area contributed by atoms with E-state index in [-0.39, 0.29) is 0 Å². The van der Waals surface area contributed by atoms with Gasteiger partial charge in [-0.25, -0.2) is 8.42 Å². The lowest BCUT2D eigenvalue weighted by Crippen LogP contribution is -2.45. The van der Waals surface area contributed by atoms with Crippen LogP contribution >= 0.6 is 11.3 Å². The molecule has 0 aliphatic carbocycles. The maximum absolute atomic E-state index is 12.7. The van der Waals surface area contributed by atoms with E-state index in [1.807, 2.05) is 37.3 Å². The Kier molecular flexibility index (Phi) is 5.76. The fraction of sp³-hybridized carbons (Fsp3) is 0.211. The van der Waals surface area contributed by atoms with Crippen LogP contribution in [0.2, 0.25) is 0 Å². The molecule has 9 heteroatoms. The molecule has 1 N–H and O–H groups in total. The number of benzene rings is 2. The molecule has 146 valence electrons. The average Bonchev–Trinajstić information content (AvgIpc) is 3.11. The molecule has 28 heavy (non-hydrogen) atoms. The smallest absolute Gasteiger partial charge is 0.249 e. The van der Waals surface area contributed by atoms with E-state index in [0.717, 1.165) is 21.7 Å². The van der Waals surface area contributed by atoms with Crippen LogP contribution in [0.1, 0.15) is 12.5 Å². The van der Waals surface area contributed by atoms with Crippen LogP contribution in [0, 0.1) is 6.92 Å². The van der Waals surface area contributed by atoms with E-state index < -0.39 is 22.0 Å². The lowest BCUT2D eigenvalue weighted by molar-refractivity contribution is -0.116. The number of rotatable bonds is 6. The van der Waals surface area contributed by atoms with Gasteiger partial charge in [0.05, 0.1) is 11.9 Å². The molecule has 1 atom stereocenters. The quantitative estimate of drug-likeness (QED) is 0.666. The molecule has 1 amide bonds.